The molecular weight excluding hydrogens is 310 g/mol. The molecule has 2 saturated heterocycles. The maximum absolute atomic E-state index is 13.1. The molecule has 1 amide bonds. The Bertz CT molecular complexity index is 478. The second-order valence-electron chi connectivity index (χ2n) is 9.47. The Hall–Kier alpha value is -0.610. The molecule has 7 unspecified atom stereocenters. The first kappa shape index (κ1) is 17.8. The SMILES string of the molecule is CC1CCCC2CC(C(=O)NC(C3CCC3)C3NCCCC3C)NC12. The summed E-state index contributed by atoms with van der Waals surface area (Å²) >= 11 is 0. The van der Waals surface area contributed by atoms with Gasteiger partial charge < -0.3 is 16.0 Å². The fourth-order valence-corrected chi connectivity index (χ4v) is 6.00. The topological polar surface area (TPSA) is 53.2 Å². The summed E-state index contributed by atoms with van der Waals surface area (Å²) in [7, 11) is 0. The van der Waals surface area contributed by atoms with E-state index in [1.807, 2.05) is 0 Å². The van der Waals surface area contributed by atoms with Gasteiger partial charge in [-0.25, -0.2) is 0 Å². The van der Waals surface area contributed by atoms with Gasteiger partial charge in [0.05, 0.1) is 6.04 Å². The summed E-state index contributed by atoms with van der Waals surface area (Å²) in [5.41, 5.74) is 0. The van der Waals surface area contributed by atoms with Gasteiger partial charge in [0.1, 0.15) is 0 Å². The highest BCUT2D eigenvalue weighted by Crippen LogP contribution is 2.37. The number of rotatable bonds is 4. The van der Waals surface area contributed by atoms with Gasteiger partial charge in [-0.1, -0.05) is 26.7 Å². The number of carbonyl (C=O) groups excluding carboxylic acids is 1. The van der Waals surface area contributed by atoms with Crippen LogP contribution in [0.15, 0.2) is 0 Å². The van der Waals surface area contributed by atoms with E-state index in [9.17, 15) is 4.79 Å². The third-order valence-corrected chi connectivity index (χ3v) is 7.79. The second kappa shape index (κ2) is 7.56. The molecule has 4 nitrogen and oxygen atoms in total. The van der Waals surface area contributed by atoms with Crippen LogP contribution in [0.5, 0.6) is 0 Å². The van der Waals surface area contributed by atoms with Gasteiger partial charge in [0.2, 0.25) is 5.91 Å². The Labute approximate surface area is 153 Å². The third-order valence-electron chi connectivity index (χ3n) is 7.79. The Morgan fingerprint density at radius 1 is 1.00 bits per heavy atom. The molecule has 2 aliphatic carbocycles. The number of piperidine rings is 1. The molecule has 0 spiro atoms. The van der Waals surface area contributed by atoms with Crippen LogP contribution in [0.3, 0.4) is 0 Å². The quantitative estimate of drug-likeness (QED) is 0.733. The fourth-order valence-electron chi connectivity index (χ4n) is 6.00. The number of hydrogen-bond donors (Lipinski definition) is 3. The van der Waals surface area contributed by atoms with Crippen LogP contribution in [-0.4, -0.2) is 36.6 Å². The van der Waals surface area contributed by atoms with Crippen molar-refractivity contribution in [1.29, 1.82) is 0 Å². The van der Waals surface area contributed by atoms with E-state index in [0.717, 1.165) is 18.9 Å². The largest absolute Gasteiger partial charge is 0.350 e. The first-order chi connectivity index (χ1) is 12.1. The molecular formula is C21H37N3O. The summed E-state index contributed by atoms with van der Waals surface area (Å²) in [6, 6.07) is 1.40. The van der Waals surface area contributed by atoms with Gasteiger partial charge in [-0.05, 0) is 75.2 Å². The average molecular weight is 348 g/mol. The Morgan fingerprint density at radius 2 is 1.76 bits per heavy atom. The minimum absolute atomic E-state index is 0.0389. The number of fused-ring (bicyclic) bond motifs is 1. The molecule has 0 radical (unpaired) electrons. The van der Waals surface area contributed by atoms with Crippen LogP contribution < -0.4 is 16.0 Å². The number of nitrogens with one attached hydrogen (secondary N) is 3. The summed E-state index contributed by atoms with van der Waals surface area (Å²) in [6.45, 7) is 5.82. The van der Waals surface area contributed by atoms with Crippen molar-refractivity contribution in [2.75, 3.05) is 6.54 Å². The third kappa shape index (κ3) is 3.62. The van der Waals surface area contributed by atoms with Crippen LogP contribution in [0.1, 0.15) is 71.6 Å². The molecule has 4 fully saturated rings. The molecule has 0 aromatic heterocycles. The van der Waals surface area contributed by atoms with Crippen LogP contribution in [-0.2, 0) is 4.79 Å². The number of amides is 1. The predicted octanol–water partition coefficient (Wildman–Crippen LogP) is 2.83. The predicted molar refractivity (Wildman–Crippen MR) is 101 cm³/mol. The van der Waals surface area contributed by atoms with Gasteiger partial charge >= 0.3 is 0 Å². The van der Waals surface area contributed by atoms with Crippen molar-refractivity contribution in [3.8, 4) is 0 Å². The Morgan fingerprint density at radius 3 is 2.44 bits per heavy atom. The average Bonchev–Trinajstić information content (AvgIpc) is 2.99. The summed E-state index contributed by atoms with van der Waals surface area (Å²) in [5.74, 6) is 3.06. The van der Waals surface area contributed by atoms with Crippen LogP contribution in [0.2, 0.25) is 0 Å². The minimum atomic E-state index is 0.0389. The maximum Gasteiger partial charge on any atom is 0.237 e. The van der Waals surface area contributed by atoms with E-state index in [-0.39, 0.29) is 11.9 Å². The zero-order valence-electron chi connectivity index (χ0n) is 16.1. The van der Waals surface area contributed by atoms with Gasteiger partial charge in [-0.3, -0.25) is 4.79 Å². The fraction of sp³-hybridized carbons (Fsp3) is 0.952. The zero-order chi connectivity index (χ0) is 17.4. The molecule has 25 heavy (non-hydrogen) atoms. The molecule has 2 aliphatic heterocycles. The number of hydrogen-bond acceptors (Lipinski definition) is 3. The van der Waals surface area contributed by atoms with Gasteiger partial charge in [-0.15, -0.1) is 0 Å². The van der Waals surface area contributed by atoms with Crippen molar-refractivity contribution < 1.29 is 4.79 Å². The lowest BCUT2D eigenvalue weighted by Crippen LogP contribution is -2.61. The molecule has 0 aromatic rings. The summed E-state index contributed by atoms with van der Waals surface area (Å²) in [6.07, 6.45) is 11.5. The first-order valence-corrected chi connectivity index (χ1v) is 10.9. The molecule has 4 aliphatic rings. The van der Waals surface area contributed by atoms with E-state index in [4.69, 9.17) is 0 Å². The van der Waals surface area contributed by atoms with Gasteiger partial charge in [0.15, 0.2) is 0 Å². The lowest BCUT2D eigenvalue weighted by molar-refractivity contribution is -0.124. The van der Waals surface area contributed by atoms with Crippen molar-refractivity contribution in [3.05, 3.63) is 0 Å². The van der Waals surface area contributed by atoms with Crippen molar-refractivity contribution in [1.82, 2.24) is 16.0 Å². The zero-order valence-corrected chi connectivity index (χ0v) is 16.1. The van der Waals surface area contributed by atoms with Gasteiger partial charge in [0.25, 0.3) is 0 Å². The van der Waals surface area contributed by atoms with E-state index in [0.29, 0.717) is 35.9 Å². The smallest absolute Gasteiger partial charge is 0.237 e. The molecule has 4 heteroatoms. The van der Waals surface area contributed by atoms with Gasteiger partial charge in [0, 0.05) is 18.1 Å². The summed E-state index contributed by atoms with van der Waals surface area (Å²) in [5, 5.41) is 11.0. The monoisotopic (exact) mass is 347 g/mol. The lowest BCUT2D eigenvalue weighted by Gasteiger charge is -2.44. The van der Waals surface area contributed by atoms with E-state index >= 15 is 0 Å². The van der Waals surface area contributed by atoms with Crippen LogP contribution in [0.4, 0.5) is 0 Å². The molecule has 4 rings (SSSR count). The standard InChI is InChI=1S/C21H37N3O/c1-13-6-3-10-16-12-17(23-18(13)16)21(25)24-20(15-8-4-9-15)19-14(2)7-5-11-22-19/h13-20,22-23H,3-12H2,1-2H3,(H,24,25). The van der Waals surface area contributed by atoms with Crippen LogP contribution >= 0.6 is 0 Å². The van der Waals surface area contributed by atoms with Crippen molar-refractivity contribution in [2.45, 2.75) is 95.8 Å². The van der Waals surface area contributed by atoms with E-state index in [2.05, 4.69) is 29.8 Å². The van der Waals surface area contributed by atoms with E-state index in [1.165, 1.54) is 51.4 Å². The highest BCUT2D eigenvalue weighted by Gasteiger charge is 2.43. The molecule has 0 bridgehead atoms. The Balaban J connectivity index is 1.40. The highest BCUT2D eigenvalue weighted by molar-refractivity contribution is 5.82. The van der Waals surface area contributed by atoms with Crippen LogP contribution in [0, 0.1) is 23.7 Å². The second-order valence-corrected chi connectivity index (χ2v) is 9.47. The van der Waals surface area contributed by atoms with Crippen molar-refractivity contribution >= 4 is 5.91 Å². The minimum Gasteiger partial charge on any atom is -0.350 e. The Kier molecular flexibility index (Phi) is 5.38. The van der Waals surface area contributed by atoms with Gasteiger partial charge in [-0.2, -0.15) is 0 Å². The van der Waals surface area contributed by atoms with Crippen molar-refractivity contribution in [3.63, 3.8) is 0 Å². The molecule has 2 heterocycles. The molecule has 0 aromatic carbocycles. The summed E-state index contributed by atoms with van der Waals surface area (Å²) < 4.78 is 0. The first-order valence-electron chi connectivity index (χ1n) is 10.9. The number of carbonyl (C=O) groups is 1. The molecule has 3 N–H and O–H groups in total. The lowest BCUT2D eigenvalue weighted by atomic mass is 9.73. The summed E-state index contributed by atoms with van der Waals surface area (Å²) in [4.78, 5) is 13.1. The molecule has 2 saturated carbocycles. The van der Waals surface area contributed by atoms with E-state index < -0.39 is 0 Å². The molecule has 7 atom stereocenters. The van der Waals surface area contributed by atoms with Crippen LogP contribution in [0.25, 0.3) is 0 Å². The normalized spacial score (nSPS) is 43.1. The molecule has 142 valence electrons. The van der Waals surface area contributed by atoms with E-state index in [1.54, 1.807) is 0 Å². The van der Waals surface area contributed by atoms with Crippen molar-refractivity contribution in [2.24, 2.45) is 23.7 Å². The maximum atomic E-state index is 13.1. The highest BCUT2D eigenvalue weighted by atomic mass is 16.2.